The van der Waals surface area contributed by atoms with Crippen LogP contribution in [0.5, 0.6) is 5.75 Å². The number of rotatable bonds is 2. The zero-order valence-corrected chi connectivity index (χ0v) is 11.9. The predicted octanol–water partition coefficient (Wildman–Crippen LogP) is 3.31. The van der Waals surface area contributed by atoms with E-state index in [0.717, 1.165) is 36.2 Å². The number of aryl methyl sites for hydroxylation is 1. The standard InChI is InChI=1S/C17H18N2O2/c1-11-7-8-12(10-16(11)20)19-17(21)14-4-2-6-15-13(14)5-3-9-18-15/h2,4,6-8,10,18,20H,3,5,9H2,1H3,(H,19,21). The minimum Gasteiger partial charge on any atom is -0.508 e. The molecule has 108 valence electrons. The average Bonchev–Trinajstić information content (AvgIpc) is 2.50. The summed E-state index contributed by atoms with van der Waals surface area (Å²) in [7, 11) is 0. The summed E-state index contributed by atoms with van der Waals surface area (Å²) in [6.45, 7) is 2.77. The van der Waals surface area contributed by atoms with Gasteiger partial charge in [0.15, 0.2) is 0 Å². The van der Waals surface area contributed by atoms with E-state index < -0.39 is 0 Å². The second kappa shape index (κ2) is 5.48. The van der Waals surface area contributed by atoms with Crippen molar-refractivity contribution in [2.45, 2.75) is 19.8 Å². The van der Waals surface area contributed by atoms with Gasteiger partial charge in [0.25, 0.3) is 5.91 Å². The summed E-state index contributed by atoms with van der Waals surface area (Å²) < 4.78 is 0. The molecule has 1 amide bonds. The number of aromatic hydroxyl groups is 1. The summed E-state index contributed by atoms with van der Waals surface area (Å²) >= 11 is 0. The van der Waals surface area contributed by atoms with Crippen LogP contribution >= 0.6 is 0 Å². The Bertz CT molecular complexity index is 695. The summed E-state index contributed by atoms with van der Waals surface area (Å²) in [5.74, 6) is 0.0448. The Kier molecular flexibility index (Phi) is 3.52. The third-order valence-corrected chi connectivity index (χ3v) is 3.81. The van der Waals surface area contributed by atoms with Gasteiger partial charge in [0, 0.05) is 29.5 Å². The molecule has 0 spiro atoms. The largest absolute Gasteiger partial charge is 0.508 e. The van der Waals surface area contributed by atoms with Crippen LogP contribution < -0.4 is 10.6 Å². The van der Waals surface area contributed by atoms with Crippen LogP contribution in [0.2, 0.25) is 0 Å². The molecule has 0 radical (unpaired) electrons. The van der Waals surface area contributed by atoms with Crippen molar-refractivity contribution in [1.29, 1.82) is 0 Å². The molecule has 0 unspecified atom stereocenters. The molecular formula is C17H18N2O2. The van der Waals surface area contributed by atoms with Gasteiger partial charge in [0.1, 0.15) is 5.75 Å². The minimum absolute atomic E-state index is 0.140. The van der Waals surface area contributed by atoms with E-state index in [1.165, 1.54) is 0 Å². The molecule has 0 fully saturated rings. The topological polar surface area (TPSA) is 61.4 Å². The lowest BCUT2D eigenvalue weighted by Crippen LogP contribution is -2.19. The van der Waals surface area contributed by atoms with Crippen LogP contribution in [-0.4, -0.2) is 17.6 Å². The number of amides is 1. The van der Waals surface area contributed by atoms with Crippen LogP contribution in [0, 0.1) is 6.92 Å². The summed E-state index contributed by atoms with van der Waals surface area (Å²) in [6, 6.07) is 10.9. The van der Waals surface area contributed by atoms with Crippen molar-refractivity contribution in [3.05, 3.63) is 53.1 Å². The first-order chi connectivity index (χ1) is 10.1. The van der Waals surface area contributed by atoms with Crippen molar-refractivity contribution in [3.8, 4) is 5.75 Å². The van der Waals surface area contributed by atoms with Gasteiger partial charge >= 0.3 is 0 Å². The lowest BCUT2D eigenvalue weighted by Gasteiger charge is -2.20. The van der Waals surface area contributed by atoms with Crippen molar-refractivity contribution >= 4 is 17.3 Å². The van der Waals surface area contributed by atoms with Crippen LogP contribution in [0.25, 0.3) is 0 Å². The smallest absolute Gasteiger partial charge is 0.256 e. The number of carbonyl (C=O) groups is 1. The van der Waals surface area contributed by atoms with Gasteiger partial charge < -0.3 is 15.7 Å². The molecule has 0 bridgehead atoms. The molecule has 4 nitrogen and oxygen atoms in total. The normalized spacial score (nSPS) is 13.2. The van der Waals surface area contributed by atoms with Crippen molar-refractivity contribution in [3.63, 3.8) is 0 Å². The molecule has 2 aromatic carbocycles. The number of hydrogen-bond donors (Lipinski definition) is 3. The molecule has 1 aliphatic heterocycles. The van der Waals surface area contributed by atoms with E-state index in [1.54, 1.807) is 18.2 Å². The fourth-order valence-electron chi connectivity index (χ4n) is 2.61. The van der Waals surface area contributed by atoms with Crippen molar-refractivity contribution in [2.24, 2.45) is 0 Å². The molecule has 21 heavy (non-hydrogen) atoms. The molecule has 4 heteroatoms. The van der Waals surface area contributed by atoms with Crippen LogP contribution in [0.4, 0.5) is 11.4 Å². The predicted molar refractivity (Wildman–Crippen MR) is 84.0 cm³/mol. The number of benzene rings is 2. The second-order valence-corrected chi connectivity index (χ2v) is 5.32. The lowest BCUT2D eigenvalue weighted by molar-refractivity contribution is 0.102. The Morgan fingerprint density at radius 1 is 1.29 bits per heavy atom. The Hall–Kier alpha value is -2.49. The zero-order chi connectivity index (χ0) is 14.8. The highest BCUT2D eigenvalue weighted by Crippen LogP contribution is 2.27. The van der Waals surface area contributed by atoms with E-state index in [4.69, 9.17) is 0 Å². The fraction of sp³-hybridized carbons (Fsp3) is 0.235. The molecule has 0 saturated heterocycles. The number of carbonyl (C=O) groups excluding carboxylic acids is 1. The van der Waals surface area contributed by atoms with E-state index in [9.17, 15) is 9.90 Å². The van der Waals surface area contributed by atoms with E-state index in [0.29, 0.717) is 11.3 Å². The van der Waals surface area contributed by atoms with E-state index in [2.05, 4.69) is 10.6 Å². The highest BCUT2D eigenvalue weighted by atomic mass is 16.3. The zero-order valence-electron chi connectivity index (χ0n) is 11.9. The monoisotopic (exact) mass is 282 g/mol. The Morgan fingerprint density at radius 2 is 2.14 bits per heavy atom. The third-order valence-electron chi connectivity index (χ3n) is 3.81. The number of nitrogens with one attached hydrogen (secondary N) is 2. The molecule has 1 aliphatic rings. The first-order valence-electron chi connectivity index (χ1n) is 7.12. The molecule has 3 N–H and O–H groups in total. The number of fused-ring (bicyclic) bond motifs is 1. The van der Waals surface area contributed by atoms with E-state index >= 15 is 0 Å². The number of anilines is 2. The summed E-state index contributed by atoms with van der Waals surface area (Å²) in [4.78, 5) is 12.5. The quantitative estimate of drug-likeness (QED) is 0.792. The van der Waals surface area contributed by atoms with Crippen molar-refractivity contribution in [1.82, 2.24) is 0 Å². The van der Waals surface area contributed by atoms with Gasteiger partial charge in [-0.3, -0.25) is 4.79 Å². The molecular weight excluding hydrogens is 264 g/mol. The van der Waals surface area contributed by atoms with Gasteiger partial charge in [-0.15, -0.1) is 0 Å². The van der Waals surface area contributed by atoms with Gasteiger partial charge in [-0.1, -0.05) is 12.1 Å². The van der Waals surface area contributed by atoms with E-state index in [1.807, 2.05) is 25.1 Å². The van der Waals surface area contributed by atoms with Gasteiger partial charge in [0.2, 0.25) is 0 Å². The van der Waals surface area contributed by atoms with Crippen molar-refractivity contribution in [2.75, 3.05) is 17.2 Å². The molecule has 0 saturated carbocycles. The highest BCUT2D eigenvalue weighted by Gasteiger charge is 2.17. The van der Waals surface area contributed by atoms with Gasteiger partial charge in [-0.25, -0.2) is 0 Å². The minimum atomic E-state index is -0.140. The second-order valence-electron chi connectivity index (χ2n) is 5.32. The maximum atomic E-state index is 12.5. The first kappa shape index (κ1) is 13.5. The SMILES string of the molecule is Cc1ccc(NC(=O)c2cccc3c2CCCN3)cc1O. The maximum absolute atomic E-state index is 12.5. The van der Waals surface area contributed by atoms with Crippen LogP contribution in [-0.2, 0) is 6.42 Å². The lowest BCUT2D eigenvalue weighted by atomic mass is 9.97. The third kappa shape index (κ3) is 2.70. The van der Waals surface area contributed by atoms with Crippen LogP contribution in [0.1, 0.15) is 27.9 Å². The molecule has 0 aromatic heterocycles. The Balaban J connectivity index is 1.87. The number of phenols is 1. The summed E-state index contributed by atoms with van der Waals surface area (Å²) in [5.41, 5.74) is 4.19. The number of phenolic OH excluding ortho intramolecular Hbond substituents is 1. The Morgan fingerprint density at radius 3 is 2.95 bits per heavy atom. The molecule has 2 aromatic rings. The molecule has 1 heterocycles. The molecule has 0 aliphatic carbocycles. The first-order valence-corrected chi connectivity index (χ1v) is 7.12. The van der Waals surface area contributed by atoms with E-state index in [-0.39, 0.29) is 11.7 Å². The highest BCUT2D eigenvalue weighted by molar-refractivity contribution is 6.06. The summed E-state index contributed by atoms with van der Waals surface area (Å²) in [5, 5.41) is 15.9. The molecule has 0 atom stereocenters. The maximum Gasteiger partial charge on any atom is 0.256 e. The fourth-order valence-corrected chi connectivity index (χ4v) is 2.61. The number of hydrogen-bond acceptors (Lipinski definition) is 3. The summed E-state index contributed by atoms with van der Waals surface area (Å²) in [6.07, 6.45) is 1.94. The molecule has 3 rings (SSSR count). The van der Waals surface area contributed by atoms with Gasteiger partial charge in [-0.2, -0.15) is 0 Å². The van der Waals surface area contributed by atoms with Gasteiger partial charge in [-0.05, 0) is 49.1 Å². The average molecular weight is 282 g/mol. The van der Waals surface area contributed by atoms with Crippen molar-refractivity contribution < 1.29 is 9.90 Å². The Labute approximate surface area is 123 Å². The van der Waals surface area contributed by atoms with Crippen LogP contribution in [0.15, 0.2) is 36.4 Å². The van der Waals surface area contributed by atoms with Gasteiger partial charge in [0.05, 0.1) is 0 Å². The van der Waals surface area contributed by atoms with Crippen LogP contribution in [0.3, 0.4) is 0 Å².